The van der Waals surface area contributed by atoms with Gasteiger partial charge in [0.1, 0.15) is 4.60 Å². The summed E-state index contributed by atoms with van der Waals surface area (Å²) in [7, 11) is 0. The summed E-state index contributed by atoms with van der Waals surface area (Å²) in [5.41, 5.74) is 5.69. The van der Waals surface area contributed by atoms with Crippen LogP contribution in [0.4, 0.5) is 0 Å². The standard InChI is InChI=1S/C7H4Br4N2O/c8-4-2(1-3(12)14)13-7(11)6(10)5(4)9/h1H2,(H2,12,14). The van der Waals surface area contributed by atoms with E-state index in [2.05, 4.69) is 68.7 Å². The largest absolute Gasteiger partial charge is 0.369 e. The molecule has 0 bridgehead atoms. The number of pyridine rings is 1. The number of nitrogens with zero attached hydrogens (tertiary/aromatic N) is 1. The van der Waals surface area contributed by atoms with Crippen LogP contribution in [0.1, 0.15) is 5.69 Å². The zero-order chi connectivity index (χ0) is 10.9. The van der Waals surface area contributed by atoms with Crippen LogP contribution in [-0.2, 0) is 11.2 Å². The highest BCUT2D eigenvalue weighted by Gasteiger charge is 2.14. The highest BCUT2D eigenvalue weighted by atomic mass is 79.9. The first-order valence-corrected chi connectivity index (χ1v) is 6.58. The van der Waals surface area contributed by atoms with Crippen LogP contribution in [0.3, 0.4) is 0 Å². The third kappa shape index (κ3) is 2.77. The minimum absolute atomic E-state index is 0.102. The Morgan fingerprint density at radius 3 is 2.21 bits per heavy atom. The summed E-state index contributed by atoms with van der Waals surface area (Å²) in [4.78, 5) is 14.9. The molecular formula is C7H4Br4N2O. The third-order valence-corrected chi connectivity index (χ3v) is 5.98. The molecule has 1 amide bonds. The quantitative estimate of drug-likeness (QED) is 0.702. The van der Waals surface area contributed by atoms with E-state index in [1.165, 1.54) is 0 Å². The fourth-order valence-electron chi connectivity index (χ4n) is 0.812. The average molecular weight is 452 g/mol. The van der Waals surface area contributed by atoms with E-state index in [9.17, 15) is 4.79 Å². The maximum absolute atomic E-state index is 10.7. The molecule has 1 aromatic rings. The monoisotopic (exact) mass is 448 g/mol. The van der Waals surface area contributed by atoms with Gasteiger partial charge in [-0.2, -0.15) is 0 Å². The molecule has 0 aliphatic carbocycles. The molecular weight excluding hydrogens is 448 g/mol. The van der Waals surface area contributed by atoms with Gasteiger partial charge in [-0.25, -0.2) is 4.98 Å². The van der Waals surface area contributed by atoms with E-state index in [1.807, 2.05) is 0 Å². The summed E-state index contributed by atoms with van der Waals surface area (Å²) in [6, 6.07) is 0. The molecule has 7 heteroatoms. The molecule has 1 aromatic heterocycles. The molecule has 0 saturated heterocycles. The molecule has 14 heavy (non-hydrogen) atoms. The van der Waals surface area contributed by atoms with Gasteiger partial charge in [0.25, 0.3) is 0 Å². The van der Waals surface area contributed by atoms with Crippen LogP contribution in [0.25, 0.3) is 0 Å². The summed E-state index contributed by atoms with van der Waals surface area (Å²) in [6.45, 7) is 0. The molecule has 1 rings (SSSR count). The van der Waals surface area contributed by atoms with Crippen molar-refractivity contribution in [2.45, 2.75) is 6.42 Å². The first-order valence-electron chi connectivity index (χ1n) is 3.40. The maximum Gasteiger partial charge on any atom is 0.223 e. The van der Waals surface area contributed by atoms with Crippen LogP contribution in [0.5, 0.6) is 0 Å². The minimum atomic E-state index is -0.417. The van der Waals surface area contributed by atoms with Gasteiger partial charge in [-0.1, -0.05) is 0 Å². The van der Waals surface area contributed by atoms with Crippen molar-refractivity contribution in [1.29, 1.82) is 0 Å². The molecule has 0 radical (unpaired) electrons. The van der Waals surface area contributed by atoms with E-state index in [1.54, 1.807) is 0 Å². The molecule has 76 valence electrons. The summed E-state index contributed by atoms with van der Waals surface area (Å²) in [5.74, 6) is -0.417. The van der Waals surface area contributed by atoms with Crippen molar-refractivity contribution in [2.24, 2.45) is 5.73 Å². The Bertz CT molecular complexity index is 394. The number of carbonyl (C=O) groups excluding carboxylic acids is 1. The Kier molecular flexibility index (Phi) is 4.55. The van der Waals surface area contributed by atoms with E-state index >= 15 is 0 Å². The lowest BCUT2D eigenvalue weighted by Crippen LogP contribution is -2.15. The SMILES string of the molecule is NC(=O)Cc1nc(Br)c(Br)c(Br)c1Br. The molecule has 3 nitrogen and oxygen atoms in total. The molecule has 0 fully saturated rings. The Morgan fingerprint density at radius 2 is 1.71 bits per heavy atom. The Hall–Kier alpha value is 0.540. The number of amides is 1. The number of halogens is 4. The molecule has 0 saturated carbocycles. The van der Waals surface area contributed by atoms with Gasteiger partial charge in [-0.05, 0) is 63.7 Å². The highest BCUT2D eigenvalue weighted by molar-refractivity contribution is 9.15. The molecule has 0 atom stereocenters. The van der Waals surface area contributed by atoms with Crippen LogP contribution in [0.2, 0.25) is 0 Å². The molecule has 0 spiro atoms. The number of primary amides is 1. The molecule has 2 N–H and O–H groups in total. The van der Waals surface area contributed by atoms with Crippen molar-refractivity contribution in [2.75, 3.05) is 0 Å². The topological polar surface area (TPSA) is 56.0 Å². The number of rotatable bonds is 2. The first-order chi connectivity index (χ1) is 6.43. The Balaban J connectivity index is 3.25. The summed E-state index contributed by atoms with van der Waals surface area (Å²) >= 11 is 13.3. The number of hydrogen-bond donors (Lipinski definition) is 1. The van der Waals surface area contributed by atoms with Gasteiger partial charge < -0.3 is 5.73 Å². The number of nitrogens with two attached hydrogens (primary N) is 1. The van der Waals surface area contributed by atoms with E-state index < -0.39 is 5.91 Å². The van der Waals surface area contributed by atoms with Crippen LogP contribution < -0.4 is 5.73 Å². The molecule has 0 aliphatic heterocycles. The van der Waals surface area contributed by atoms with Crippen LogP contribution >= 0.6 is 63.7 Å². The van der Waals surface area contributed by atoms with Crippen molar-refractivity contribution in [3.05, 3.63) is 23.7 Å². The molecule has 1 heterocycles. The summed E-state index contributed by atoms with van der Waals surface area (Å²) < 4.78 is 2.95. The van der Waals surface area contributed by atoms with Gasteiger partial charge >= 0.3 is 0 Å². The number of hydrogen-bond acceptors (Lipinski definition) is 2. The average Bonchev–Trinajstić information content (AvgIpc) is 2.10. The van der Waals surface area contributed by atoms with Crippen molar-refractivity contribution in [3.63, 3.8) is 0 Å². The van der Waals surface area contributed by atoms with Gasteiger partial charge in [0.15, 0.2) is 0 Å². The lowest BCUT2D eigenvalue weighted by Gasteiger charge is -2.07. The summed E-state index contributed by atoms with van der Waals surface area (Å²) in [5, 5.41) is 0. The lowest BCUT2D eigenvalue weighted by molar-refractivity contribution is -0.117. The van der Waals surface area contributed by atoms with Gasteiger partial charge in [-0.15, -0.1) is 0 Å². The lowest BCUT2D eigenvalue weighted by atomic mass is 10.3. The fourth-order valence-corrected chi connectivity index (χ4v) is 2.89. The normalized spacial score (nSPS) is 10.3. The van der Waals surface area contributed by atoms with Crippen molar-refractivity contribution >= 4 is 69.6 Å². The van der Waals surface area contributed by atoms with E-state index in [-0.39, 0.29) is 6.42 Å². The van der Waals surface area contributed by atoms with E-state index in [0.717, 1.165) is 13.4 Å². The smallest absolute Gasteiger partial charge is 0.223 e. The van der Waals surface area contributed by atoms with E-state index in [4.69, 9.17) is 5.73 Å². The highest BCUT2D eigenvalue weighted by Crippen LogP contribution is 2.37. The second-order valence-corrected chi connectivity index (χ2v) is 5.56. The van der Waals surface area contributed by atoms with Gasteiger partial charge in [0, 0.05) is 0 Å². The van der Waals surface area contributed by atoms with Crippen LogP contribution in [-0.4, -0.2) is 10.9 Å². The predicted molar refractivity (Wildman–Crippen MR) is 67.9 cm³/mol. The molecule has 0 aliphatic rings. The zero-order valence-electron chi connectivity index (χ0n) is 6.65. The van der Waals surface area contributed by atoms with Crippen LogP contribution in [0.15, 0.2) is 18.0 Å². The Labute approximate surface area is 114 Å². The zero-order valence-corrected chi connectivity index (χ0v) is 13.0. The van der Waals surface area contributed by atoms with Crippen molar-refractivity contribution < 1.29 is 4.79 Å². The second-order valence-electron chi connectivity index (χ2n) is 2.43. The predicted octanol–water partition coefficient (Wildman–Crippen LogP) is 3.16. The Morgan fingerprint density at radius 1 is 1.14 bits per heavy atom. The number of carbonyl (C=O) groups is 1. The minimum Gasteiger partial charge on any atom is -0.369 e. The van der Waals surface area contributed by atoms with Gasteiger partial charge in [0.05, 0.1) is 25.5 Å². The number of aromatic nitrogens is 1. The second kappa shape index (κ2) is 5.05. The van der Waals surface area contributed by atoms with Crippen molar-refractivity contribution in [1.82, 2.24) is 4.98 Å². The summed E-state index contributed by atoms with van der Waals surface area (Å²) in [6.07, 6.45) is 0.102. The third-order valence-electron chi connectivity index (χ3n) is 1.39. The maximum atomic E-state index is 10.7. The van der Waals surface area contributed by atoms with Gasteiger partial charge in [0.2, 0.25) is 5.91 Å². The van der Waals surface area contributed by atoms with Gasteiger partial charge in [-0.3, -0.25) is 4.79 Å². The fraction of sp³-hybridized carbons (Fsp3) is 0.143. The molecule has 0 unspecified atom stereocenters. The van der Waals surface area contributed by atoms with E-state index in [0.29, 0.717) is 10.3 Å². The van der Waals surface area contributed by atoms with Crippen LogP contribution in [0, 0.1) is 0 Å². The first kappa shape index (κ1) is 12.6. The molecule has 0 aromatic carbocycles. The van der Waals surface area contributed by atoms with Crippen molar-refractivity contribution in [3.8, 4) is 0 Å².